The first kappa shape index (κ1) is 43.7. The first-order valence-electron chi connectivity index (χ1n) is 17.2. The Kier molecular flexibility index (Phi) is 14.3. The highest BCUT2D eigenvalue weighted by atomic mass is 127. The molecule has 0 spiro atoms. The Bertz CT molecular complexity index is 2090. The van der Waals surface area contributed by atoms with Crippen molar-refractivity contribution in [2.75, 3.05) is 53.2 Å². The summed E-state index contributed by atoms with van der Waals surface area (Å²) in [4.78, 5) is 71.6. The number of amides is 4. The van der Waals surface area contributed by atoms with E-state index in [1.165, 1.54) is 56.2 Å². The molecule has 0 aliphatic rings. The van der Waals surface area contributed by atoms with Crippen LogP contribution in [0.1, 0.15) is 45.7 Å². The number of hydrogen-bond donors (Lipinski definition) is 1. The second-order valence-corrected chi connectivity index (χ2v) is 16.4. The minimum Gasteiger partial charge on any atom is -0.432 e. The summed E-state index contributed by atoms with van der Waals surface area (Å²) in [7, 11) is 7.60. The molecule has 16 heteroatoms. The molecule has 0 aliphatic carbocycles. The highest BCUT2D eigenvalue weighted by Gasteiger charge is 2.51. The lowest BCUT2D eigenvalue weighted by atomic mass is 9.78. The summed E-state index contributed by atoms with van der Waals surface area (Å²) < 4.78 is 55.0. The number of hydrogen-bond acceptors (Lipinski definition) is 7. The molecule has 0 saturated heterocycles. The lowest BCUT2D eigenvalue weighted by Gasteiger charge is -2.36. The van der Waals surface area contributed by atoms with Gasteiger partial charge >= 0.3 is 6.16 Å². The first-order valence-corrected chi connectivity index (χ1v) is 18.9. The van der Waals surface area contributed by atoms with Crippen LogP contribution in [-0.4, -0.2) is 92.4 Å². The van der Waals surface area contributed by atoms with Gasteiger partial charge in [0.15, 0.2) is 20.5 Å². The summed E-state index contributed by atoms with van der Waals surface area (Å²) in [5.74, 6) is -7.73. The largest absolute Gasteiger partial charge is 0.514 e. The Hall–Kier alpha value is -5.02. The molecule has 4 rings (SSSR count). The summed E-state index contributed by atoms with van der Waals surface area (Å²) in [6.45, 7) is 2.86. The predicted octanol–water partition coefficient (Wildman–Crippen LogP) is 7.39. The number of nitrogens with zero attached hydrogens (tertiary/aromatic N) is 3. The van der Waals surface area contributed by atoms with Gasteiger partial charge in [0.25, 0.3) is 11.8 Å². The van der Waals surface area contributed by atoms with E-state index >= 15 is 8.78 Å². The third-order valence-electron chi connectivity index (χ3n) is 9.03. The Morgan fingerprint density at radius 1 is 0.804 bits per heavy atom. The zero-order valence-electron chi connectivity index (χ0n) is 31.5. The summed E-state index contributed by atoms with van der Waals surface area (Å²) in [5, 5.41) is 2.40. The number of rotatable bonds is 13. The number of anilines is 1. The molecule has 4 amide bonds. The normalized spacial score (nSPS) is 12.2. The van der Waals surface area contributed by atoms with Crippen LogP contribution in [0.25, 0.3) is 11.1 Å². The maximum absolute atomic E-state index is 16.3. The molecule has 56 heavy (non-hydrogen) atoms. The minimum atomic E-state index is -2.10. The van der Waals surface area contributed by atoms with Crippen LogP contribution >= 0.6 is 31.8 Å². The quantitative estimate of drug-likeness (QED) is 0.0371. The van der Waals surface area contributed by atoms with Crippen LogP contribution in [0, 0.1) is 11.6 Å². The molecule has 0 radical (unpaired) electrons. The van der Waals surface area contributed by atoms with E-state index in [1.807, 2.05) is 0 Å². The molecule has 4 aromatic carbocycles. The van der Waals surface area contributed by atoms with E-state index in [1.54, 1.807) is 97.1 Å². The topological polar surface area (TPSA) is 126 Å². The average Bonchev–Trinajstić information content (AvgIpc) is 3.18. The van der Waals surface area contributed by atoms with Crippen LogP contribution in [0.3, 0.4) is 0 Å². The Morgan fingerprint density at radius 2 is 1.36 bits per heavy atom. The molecule has 0 fully saturated rings. The third-order valence-corrected chi connectivity index (χ3v) is 9.98. The molecule has 0 bridgehead atoms. The van der Waals surface area contributed by atoms with Gasteiger partial charge in [-0.3, -0.25) is 19.2 Å². The number of carbonyl (C=O) groups is 5. The highest BCUT2D eigenvalue weighted by Crippen LogP contribution is 2.41. The van der Waals surface area contributed by atoms with Crippen molar-refractivity contribution >= 4 is 67.3 Å². The van der Waals surface area contributed by atoms with Gasteiger partial charge in [-0.15, -0.1) is 0 Å². The second kappa shape index (κ2) is 18.3. The molecule has 0 aromatic heterocycles. The summed E-state index contributed by atoms with van der Waals surface area (Å²) in [6, 6.07) is 21.2. The standard InChI is InChI=1S/C40H41F3IN4O7P/c1-7-47(5)36(51)39(37(52)48(6)8-2,25-14-10-9-11-15-25)23-54-38(53)55-33-29(41)22-30(31(32(33)42)35(50)46(3)4)45-34(49)28-17-13-12-16-27(28)24-18-20-26(21-19-24)40(43,44)56/h9-22H,7-8,23,56H2,1-6H3,(H,45,49). The minimum absolute atomic E-state index is 0.0634. The summed E-state index contributed by atoms with van der Waals surface area (Å²) in [5.41, 5.74) is -1.95. The van der Waals surface area contributed by atoms with E-state index in [-0.39, 0.29) is 24.2 Å². The van der Waals surface area contributed by atoms with E-state index in [0.717, 1.165) is 4.90 Å². The predicted molar refractivity (Wildman–Crippen MR) is 217 cm³/mol. The Morgan fingerprint density at radius 3 is 1.89 bits per heavy atom. The van der Waals surface area contributed by atoms with Gasteiger partial charge in [0.2, 0.25) is 17.6 Å². The molecule has 296 valence electrons. The van der Waals surface area contributed by atoms with Gasteiger partial charge in [-0.2, -0.15) is 0 Å². The van der Waals surface area contributed by atoms with Crippen LogP contribution in [0.4, 0.5) is 23.7 Å². The van der Waals surface area contributed by atoms with Crippen LogP contribution in [-0.2, 0) is 23.2 Å². The van der Waals surface area contributed by atoms with Crippen molar-refractivity contribution in [1.82, 2.24) is 14.7 Å². The lowest BCUT2D eigenvalue weighted by molar-refractivity contribution is -0.151. The van der Waals surface area contributed by atoms with Gasteiger partial charge in [0, 0.05) is 58.5 Å². The third kappa shape index (κ3) is 9.32. The number of likely N-dealkylation sites (N-methyl/N-ethyl adjacent to an activating group) is 2. The maximum atomic E-state index is 16.3. The molecular formula is C40H41F3IN4O7P. The summed E-state index contributed by atoms with van der Waals surface area (Å²) in [6.07, 6.45) is -1.68. The monoisotopic (exact) mass is 904 g/mol. The van der Waals surface area contributed by atoms with Crippen LogP contribution in [0.2, 0.25) is 0 Å². The van der Waals surface area contributed by atoms with Crippen molar-refractivity contribution in [3.8, 4) is 16.9 Å². The van der Waals surface area contributed by atoms with Gasteiger partial charge in [0.05, 0.1) is 5.69 Å². The van der Waals surface area contributed by atoms with E-state index in [9.17, 15) is 28.4 Å². The molecule has 2 unspecified atom stereocenters. The van der Waals surface area contributed by atoms with E-state index in [0.29, 0.717) is 22.8 Å². The first-order chi connectivity index (χ1) is 26.4. The van der Waals surface area contributed by atoms with Crippen LogP contribution in [0.15, 0.2) is 84.9 Å². The van der Waals surface area contributed by atoms with Crippen molar-refractivity contribution in [2.45, 2.75) is 22.7 Å². The van der Waals surface area contributed by atoms with Crippen molar-refractivity contribution in [3.63, 3.8) is 0 Å². The highest BCUT2D eigenvalue weighted by molar-refractivity contribution is 14.1. The van der Waals surface area contributed by atoms with Gasteiger partial charge in [-0.25, -0.2) is 18.0 Å². The molecule has 11 nitrogen and oxygen atoms in total. The van der Waals surface area contributed by atoms with Crippen molar-refractivity contribution in [3.05, 3.63) is 119 Å². The van der Waals surface area contributed by atoms with Gasteiger partial charge in [0.1, 0.15) is 12.2 Å². The van der Waals surface area contributed by atoms with Gasteiger partial charge < -0.3 is 29.5 Å². The molecule has 4 aromatic rings. The smallest absolute Gasteiger partial charge is 0.432 e. The molecule has 0 heterocycles. The SMILES string of the molecule is CCN(C)C(=O)C(COC(=O)Oc1c(F)cc(NC(=O)c2ccccc2-c2ccc(C(F)(P)I)cc2)c(C(=O)N(C)C)c1F)(C(=O)N(C)CC)c1ccccc1. The second-order valence-electron chi connectivity index (χ2n) is 12.9. The Labute approximate surface area is 338 Å². The number of halogens is 4. The van der Waals surface area contributed by atoms with Crippen molar-refractivity contribution < 1.29 is 46.6 Å². The zero-order valence-corrected chi connectivity index (χ0v) is 34.8. The average molecular weight is 905 g/mol. The fraction of sp³-hybridized carbons (Fsp3) is 0.275. The van der Waals surface area contributed by atoms with Crippen molar-refractivity contribution in [2.24, 2.45) is 0 Å². The summed E-state index contributed by atoms with van der Waals surface area (Å²) >= 11 is 1.62. The molecule has 0 saturated carbocycles. The number of benzene rings is 4. The fourth-order valence-electron chi connectivity index (χ4n) is 5.71. The Balaban J connectivity index is 1.70. The number of carbonyl (C=O) groups excluding carboxylic acids is 5. The maximum Gasteiger partial charge on any atom is 0.514 e. The number of ether oxygens (including phenoxy) is 2. The van der Waals surface area contributed by atoms with Gasteiger partial charge in [-0.05, 0) is 59.2 Å². The zero-order chi connectivity index (χ0) is 41.5. The molecule has 1 N–H and O–H groups in total. The van der Waals surface area contributed by atoms with Crippen LogP contribution < -0.4 is 10.1 Å². The lowest BCUT2D eigenvalue weighted by Crippen LogP contribution is -2.58. The number of nitrogens with one attached hydrogen (secondary N) is 1. The van der Waals surface area contributed by atoms with E-state index < -0.39 is 73.9 Å². The van der Waals surface area contributed by atoms with E-state index in [4.69, 9.17) is 9.47 Å². The molecule has 0 aliphatic heterocycles. The molecule has 2 atom stereocenters. The van der Waals surface area contributed by atoms with Gasteiger partial charge in [-0.1, -0.05) is 82.0 Å². The molecular weight excluding hydrogens is 863 g/mol. The van der Waals surface area contributed by atoms with Crippen molar-refractivity contribution in [1.29, 1.82) is 0 Å². The van der Waals surface area contributed by atoms with Crippen LogP contribution in [0.5, 0.6) is 5.75 Å². The van der Waals surface area contributed by atoms with E-state index in [2.05, 4.69) is 14.6 Å². The fourth-order valence-corrected chi connectivity index (χ4v) is 6.26. The number of alkyl halides is 2.